The monoisotopic (exact) mass is 562 g/mol. The lowest BCUT2D eigenvalue weighted by atomic mass is 10.00. The van der Waals surface area contributed by atoms with Crippen LogP contribution in [0.3, 0.4) is 0 Å². The van der Waals surface area contributed by atoms with Gasteiger partial charge in [0, 0.05) is 25.1 Å². The minimum Gasteiger partial charge on any atom is -0.460 e. The number of nitrogens with one attached hydrogen (secondary N) is 1. The van der Waals surface area contributed by atoms with Gasteiger partial charge in [-0.3, -0.25) is 24.5 Å². The number of amides is 3. The average molecular weight is 563 g/mol. The molecule has 0 bridgehead atoms. The second-order valence-electron chi connectivity index (χ2n) is 10.7. The smallest absolute Gasteiger partial charge is 0.308 e. The Morgan fingerprint density at radius 3 is 2.17 bits per heavy atom. The van der Waals surface area contributed by atoms with Crippen molar-refractivity contribution < 1.29 is 42.9 Å². The van der Waals surface area contributed by atoms with Crippen LogP contribution in [0.2, 0.25) is 0 Å². The molecule has 0 saturated carbocycles. The van der Waals surface area contributed by atoms with Crippen molar-refractivity contribution in [3.05, 3.63) is 34.9 Å². The van der Waals surface area contributed by atoms with Crippen molar-refractivity contribution in [1.82, 2.24) is 10.2 Å². The van der Waals surface area contributed by atoms with Gasteiger partial charge >= 0.3 is 5.97 Å². The summed E-state index contributed by atoms with van der Waals surface area (Å²) in [6.07, 6.45) is 2.36. The van der Waals surface area contributed by atoms with Crippen LogP contribution < -0.4 is 5.32 Å². The topological polar surface area (TPSA) is 130 Å². The van der Waals surface area contributed by atoms with E-state index in [1.807, 2.05) is 32.9 Å². The van der Waals surface area contributed by atoms with E-state index in [2.05, 4.69) is 5.32 Å². The molecule has 11 heteroatoms. The number of piperidine rings is 1. The summed E-state index contributed by atoms with van der Waals surface area (Å²) in [5.41, 5.74) is 2.17. The van der Waals surface area contributed by atoms with E-state index in [1.54, 1.807) is 11.0 Å². The van der Waals surface area contributed by atoms with E-state index in [9.17, 15) is 19.2 Å². The zero-order chi connectivity index (χ0) is 29.0. The SMILES string of the molecule is CC(C)(C)OC(=O)CCOCCOCCOCCOCCCc1cccc2c1CN(C1CCC(=O)NC1=O)C2=O. The van der Waals surface area contributed by atoms with Crippen LogP contribution in [-0.4, -0.2) is 93.1 Å². The van der Waals surface area contributed by atoms with Crippen molar-refractivity contribution in [2.24, 2.45) is 0 Å². The highest BCUT2D eigenvalue weighted by Crippen LogP contribution is 2.30. The summed E-state index contributed by atoms with van der Waals surface area (Å²) < 4.78 is 27.2. The Labute approximate surface area is 235 Å². The minimum atomic E-state index is -0.608. The lowest BCUT2D eigenvalue weighted by Gasteiger charge is -2.29. The normalized spacial score (nSPS) is 17.2. The van der Waals surface area contributed by atoms with Crippen molar-refractivity contribution >= 4 is 23.7 Å². The fraction of sp³-hybridized carbons (Fsp3) is 0.655. The maximum atomic E-state index is 12.9. The first-order chi connectivity index (χ1) is 19.2. The van der Waals surface area contributed by atoms with Crippen LogP contribution in [0, 0.1) is 0 Å². The molecule has 2 heterocycles. The molecule has 1 atom stereocenters. The maximum Gasteiger partial charge on any atom is 0.308 e. The van der Waals surface area contributed by atoms with Crippen LogP contribution >= 0.6 is 0 Å². The van der Waals surface area contributed by atoms with Crippen LogP contribution in [0.5, 0.6) is 0 Å². The molecule has 1 fully saturated rings. The Bertz CT molecular complexity index is 1020. The molecule has 3 rings (SSSR count). The van der Waals surface area contributed by atoms with Crippen LogP contribution in [-0.2, 0) is 51.0 Å². The first-order valence-corrected chi connectivity index (χ1v) is 13.9. The number of carbonyl (C=O) groups excluding carboxylic acids is 4. The molecule has 2 aliphatic rings. The minimum absolute atomic E-state index is 0.158. The highest BCUT2D eigenvalue weighted by Gasteiger charge is 2.39. The molecular weight excluding hydrogens is 520 g/mol. The van der Waals surface area contributed by atoms with Crippen molar-refractivity contribution in [1.29, 1.82) is 0 Å². The van der Waals surface area contributed by atoms with E-state index >= 15 is 0 Å². The second-order valence-corrected chi connectivity index (χ2v) is 10.7. The summed E-state index contributed by atoms with van der Waals surface area (Å²) in [5, 5.41) is 2.33. The van der Waals surface area contributed by atoms with E-state index in [4.69, 9.17) is 23.7 Å². The van der Waals surface area contributed by atoms with Gasteiger partial charge in [-0.25, -0.2) is 0 Å². The number of benzene rings is 1. The molecule has 1 saturated heterocycles. The molecule has 0 aliphatic carbocycles. The van der Waals surface area contributed by atoms with Gasteiger partial charge in [0.25, 0.3) is 5.91 Å². The Morgan fingerprint density at radius 1 is 0.925 bits per heavy atom. The predicted octanol–water partition coefficient (Wildman–Crippen LogP) is 2.18. The molecule has 0 spiro atoms. The number of ether oxygens (including phenoxy) is 5. The Balaban J connectivity index is 1.19. The van der Waals surface area contributed by atoms with Crippen LogP contribution in [0.1, 0.15) is 67.9 Å². The molecule has 1 N–H and O–H groups in total. The van der Waals surface area contributed by atoms with Gasteiger partial charge in [0.1, 0.15) is 11.6 Å². The maximum absolute atomic E-state index is 12.9. The third-order valence-corrected chi connectivity index (χ3v) is 6.40. The molecule has 1 unspecified atom stereocenters. The summed E-state index contributed by atoms with van der Waals surface area (Å²) >= 11 is 0. The van der Waals surface area contributed by atoms with Gasteiger partial charge in [0.05, 0.1) is 52.7 Å². The largest absolute Gasteiger partial charge is 0.460 e. The molecular formula is C29H42N2O9. The van der Waals surface area contributed by atoms with Gasteiger partial charge in [-0.15, -0.1) is 0 Å². The fourth-order valence-corrected chi connectivity index (χ4v) is 4.56. The summed E-state index contributed by atoms with van der Waals surface area (Å²) in [6.45, 7) is 9.41. The molecule has 0 aromatic heterocycles. The lowest BCUT2D eigenvalue weighted by Crippen LogP contribution is -2.52. The first-order valence-electron chi connectivity index (χ1n) is 13.9. The molecule has 40 heavy (non-hydrogen) atoms. The number of rotatable bonds is 17. The van der Waals surface area contributed by atoms with Crippen LogP contribution in [0.15, 0.2) is 18.2 Å². The second kappa shape index (κ2) is 15.8. The number of hydrogen-bond donors (Lipinski definition) is 1. The van der Waals surface area contributed by atoms with Gasteiger partial charge in [0.15, 0.2) is 0 Å². The van der Waals surface area contributed by atoms with Crippen LogP contribution in [0.25, 0.3) is 0 Å². The van der Waals surface area contributed by atoms with Crippen molar-refractivity contribution in [3.8, 4) is 0 Å². The summed E-state index contributed by atoms with van der Waals surface area (Å²) in [5.74, 6) is -1.13. The lowest BCUT2D eigenvalue weighted by molar-refractivity contribution is -0.156. The quantitative estimate of drug-likeness (QED) is 0.172. The molecule has 1 aromatic rings. The predicted molar refractivity (Wildman–Crippen MR) is 145 cm³/mol. The fourth-order valence-electron chi connectivity index (χ4n) is 4.56. The number of aryl methyl sites for hydroxylation is 1. The highest BCUT2D eigenvalue weighted by atomic mass is 16.6. The molecule has 1 aromatic carbocycles. The van der Waals surface area contributed by atoms with Gasteiger partial charge in [-0.2, -0.15) is 0 Å². The van der Waals surface area contributed by atoms with Crippen molar-refractivity contribution in [2.45, 2.75) is 71.1 Å². The Morgan fingerprint density at radius 2 is 1.55 bits per heavy atom. The summed E-state index contributed by atoms with van der Waals surface area (Å²) in [6, 6.07) is 5.07. The molecule has 3 amide bonds. The van der Waals surface area contributed by atoms with E-state index in [1.165, 1.54) is 0 Å². The van der Waals surface area contributed by atoms with E-state index in [0.717, 1.165) is 24.0 Å². The third-order valence-electron chi connectivity index (χ3n) is 6.40. The van der Waals surface area contributed by atoms with Crippen molar-refractivity contribution in [2.75, 3.05) is 52.9 Å². The summed E-state index contributed by atoms with van der Waals surface area (Å²) in [7, 11) is 0. The summed E-state index contributed by atoms with van der Waals surface area (Å²) in [4.78, 5) is 49.8. The van der Waals surface area contributed by atoms with Gasteiger partial charge in [0.2, 0.25) is 11.8 Å². The van der Waals surface area contributed by atoms with E-state index < -0.39 is 17.6 Å². The standard InChI is InChI=1S/C29H42N2O9/c1-29(2,3)40-26(33)11-13-37-15-17-39-19-18-38-16-14-36-12-5-7-21-6-4-8-22-23(21)20-31(28(22)35)24-9-10-25(32)30-27(24)34/h4,6,8,24H,5,7,9-20H2,1-3H3,(H,30,32,34). The number of carbonyl (C=O) groups is 4. The van der Waals surface area contributed by atoms with Crippen molar-refractivity contribution in [3.63, 3.8) is 0 Å². The first kappa shape index (κ1) is 31.7. The average Bonchev–Trinajstić information content (AvgIpc) is 3.22. The molecule has 2 aliphatic heterocycles. The van der Waals surface area contributed by atoms with E-state index in [-0.39, 0.29) is 30.6 Å². The van der Waals surface area contributed by atoms with Gasteiger partial charge < -0.3 is 28.6 Å². The molecule has 0 radical (unpaired) electrons. The van der Waals surface area contributed by atoms with Gasteiger partial charge in [-0.05, 0) is 57.2 Å². The van der Waals surface area contributed by atoms with Gasteiger partial charge in [-0.1, -0.05) is 12.1 Å². The van der Waals surface area contributed by atoms with E-state index in [0.29, 0.717) is 71.4 Å². The van der Waals surface area contributed by atoms with Crippen LogP contribution in [0.4, 0.5) is 0 Å². The number of imide groups is 1. The zero-order valence-electron chi connectivity index (χ0n) is 23.8. The Kier molecular flexibility index (Phi) is 12.5. The number of esters is 1. The number of nitrogens with zero attached hydrogens (tertiary/aromatic N) is 1. The number of hydrogen-bond acceptors (Lipinski definition) is 9. The third kappa shape index (κ3) is 10.3. The Hall–Kier alpha value is -2.86. The number of fused-ring (bicyclic) bond motifs is 1. The molecule has 222 valence electrons. The zero-order valence-corrected chi connectivity index (χ0v) is 23.8. The molecule has 11 nitrogen and oxygen atoms in total. The highest BCUT2D eigenvalue weighted by molar-refractivity contribution is 6.05.